The minimum atomic E-state index is 0.458. The first-order valence-electron chi connectivity index (χ1n) is 8.34. The van der Waals surface area contributed by atoms with E-state index in [9.17, 15) is 0 Å². The lowest BCUT2D eigenvalue weighted by molar-refractivity contribution is 0.152. The molecule has 2 N–H and O–H groups in total. The van der Waals surface area contributed by atoms with E-state index in [2.05, 4.69) is 27.5 Å². The van der Waals surface area contributed by atoms with Crippen LogP contribution in [0, 0.1) is 6.92 Å². The molecule has 0 unspecified atom stereocenters. The van der Waals surface area contributed by atoms with Crippen LogP contribution in [0.25, 0.3) is 11.5 Å². The molecule has 6 nitrogen and oxygen atoms in total. The molecular formula is C18H26N4O2. The van der Waals surface area contributed by atoms with Crippen LogP contribution >= 0.6 is 0 Å². The van der Waals surface area contributed by atoms with Gasteiger partial charge in [0.1, 0.15) is 12.0 Å². The summed E-state index contributed by atoms with van der Waals surface area (Å²) in [6, 6.07) is 8.10. The molecule has 0 fully saturated rings. The third-order valence-corrected chi connectivity index (χ3v) is 3.34. The molecule has 0 saturated heterocycles. The Morgan fingerprint density at radius 2 is 2.00 bits per heavy atom. The van der Waals surface area contributed by atoms with Crippen molar-refractivity contribution in [2.75, 3.05) is 26.3 Å². The Balaban J connectivity index is 1.94. The molecule has 24 heavy (non-hydrogen) atoms. The lowest BCUT2D eigenvalue weighted by Gasteiger charge is -2.10. The third-order valence-electron chi connectivity index (χ3n) is 3.34. The van der Waals surface area contributed by atoms with Gasteiger partial charge < -0.3 is 19.8 Å². The number of oxazole rings is 1. The number of hydrogen-bond acceptors (Lipinski definition) is 4. The van der Waals surface area contributed by atoms with Crippen molar-refractivity contribution in [3.8, 4) is 11.5 Å². The summed E-state index contributed by atoms with van der Waals surface area (Å²) in [5.74, 6) is 1.37. The van der Waals surface area contributed by atoms with E-state index in [1.807, 2.05) is 38.1 Å². The molecule has 1 aromatic carbocycles. The van der Waals surface area contributed by atoms with Crippen molar-refractivity contribution in [1.82, 2.24) is 15.6 Å². The summed E-state index contributed by atoms with van der Waals surface area (Å²) in [5, 5.41) is 6.43. The Kier molecular flexibility index (Phi) is 7.29. The largest absolute Gasteiger partial charge is 0.444 e. The summed E-state index contributed by atoms with van der Waals surface area (Å²) in [6.45, 7) is 9.42. The fraction of sp³-hybridized carbons (Fsp3) is 0.444. The Morgan fingerprint density at radius 1 is 1.21 bits per heavy atom. The number of aryl methyl sites for hydroxylation is 1. The molecule has 1 heterocycles. The molecule has 0 aliphatic rings. The third kappa shape index (κ3) is 5.70. The lowest BCUT2D eigenvalue weighted by atomic mass is 10.1. The van der Waals surface area contributed by atoms with E-state index in [0.29, 0.717) is 25.6 Å². The molecule has 130 valence electrons. The van der Waals surface area contributed by atoms with E-state index in [0.717, 1.165) is 30.4 Å². The second-order valence-corrected chi connectivity index (χ2v) is 5.33. The predicted octanol–water partition coefficient (Wildman–Crippen LogP) is 2.74. The number of ether oxygens (including phenoxy) is 1. The van der Waals surface area contributed by atoms with Gasteiger partial charge in [0.2, 0.25) is 5.89 Å². The Labute approximate surface area is 143 Å². The fourth-order valence-corrected chi connectivity index (χ4v) is 2.10. The summed E-state index contributed by atoms with van der Waals surface area (Å²) in [5.41, 5.74) is 2.98. The van der Waals surface area contributed by atoms with Crippen LogP contribution in [0.4, 0.5) is 0 Å². The highest BCUT2D eigenvalue weighted by molar-refractivity contribution is 5.79. The Hall–Kier alpha value is -2.34. The van der Waals surface area contributed by atoms with Crippen LogP contribution in [0.2, 0.25) is 0 Å². The number of rotatable bonds is 8. The van der Waals surface area contributed by atoms with E-state index in [-0.39, 0.29) is 0 Å². The van der Waals surface area contributed by atoms with Gasteiger partial charge >= 0.3 is 0 Å². The topological polar surface area (TPSA) is 71.7 Å². The maximum absolute atomic E-state index is 5.55. The normalized spacial score (nSPS) is 11.5. The second-order valence-electron chi connectivity index (χ2n) is 5.33. The molecule has 0 aliphatic carbocycles. The molecule has 0 aliphatic heterocycles. The van der Waals surface area contributed by atoms with Crippen molar-refractivity contribution < 1.29 is 9.15 Å². The average molecular weight is 330 g/mol. The molecular weight excluding hydrogens is 304 g/mol. The van der Waals surface area contributed by atoms with Crippen molar-refractivity contribution in [2.24, 2.45) is 4.99 Å². The molecule has 0 atom stereocenters. The average Bonchev–Trinajstić information content (AvgIpc) is 3.06. The molecule has 2 aromatic rings. The molecule has 0 amide bonds. The van der Waals surface area contributed by atoms with E-state index in [1.54, 1.807) is 6.26 Å². The van der Waals surface area contributed by atoms with Gasteiger partial charge in [-0.2, -0.15) is 0 Å². The zero-order valence-corrected chi connectivity index (χ0v) is 14.6. The molecule has 6 heteroatoms. The summed E-state index contributed by atoms with van der Waals surface area (Å²) < 4.78 is 10.9. The monoisotopic (exact) mass is 330 g/mol. The highest BCUT2D eigenvalue weighted by Gasteiger charge is 2.06. The minimum absolute atomic E-state index is 0.458. The van der Waals surface area contributed by atoms with Crippen LogP contribution in [0.15, 0.2) is 39.9 Å². The first kappa shape index (κ1) is 18.0. The van der Waals surface area contributed by atoms with Gasteiger partial charge in [-0.25, -0.2) is 9.98 Å². The van der Waals surface area contributed by atoms with Gasteiger partial charge in [-0.3, -0.25) is 0 Å². The van der Waals surface area contributed by atoms with Gasteiger partial charge in [0.25, 0.3) is 0 Å². The van der Waals surface area contributed by atoms with Gasteiger partial charge in [0.05, 0.1) is 13.2 Å². The molecule has 0 spiro atoms. The molecule has 0 radical (unpaired) electrons. The van der Waals surface area contributed by atoms with E-state index in [1.165, 1.54) is 5.56 Å². The Bertz CT molecular complexity index is 635. The van der Waals surface area contributed by atoms with Gasteiger partial charge in [0, 0.05) is 25.3 Å². The summed E-state index contributed by atoms with van der Waals surface area (Å²) in [4.78, 5) is 9.02. The Morgan fingerprint density at radius 3 is 2.71 bits per heavy atom. The number of benzene rings is 1. The van der Waals surface area contributed by atoms with Crippen molar-refractivity contribution in [1.29, 1.82) is 0 Å². The van der Waals surface area contributed by atoms with Gasteiger partial charge in [-0.05, 0) is 32.9 Å². The number of hydrogen-bond donors (Lipinski definition) is 2. The number of guanidine groups is 1. The van der Waals surface area contributed by atoms with Crippen LogP contribution in [0.5, 0.6) is 0 Å². The van der Waals surface area contributed by atoms with Crippen molar-refractivity contribution in [2.45, 2.75) is 27.3 Å². The highest BCUT2D eigenvalue weighted by atomic mass is 16.5. The quantitative estimate of drug-likeness (QED) is 0.442. The van der Waals surface area contributed by atoms with Gasteiger partial charge in [-0.1, -0.05) is 17.7 Å². The van der Waals surface area contributed by atoms with Crippen LogP contribution in [0.3, 0.4) is 0 Å². The predicted molar refractivity (Wildman–Crippen MR) is 96.0 cm³/mol. The highest BCUT2D eigenvalue weighted by Crippen LogP contribution is 2.19. The zero-order chi connectivity index (χ0) is 17.2. The summed E-state index contributed by atoms with van der Waals surface area (Å²) in [7, 11) is 0. The molecule has 2 rings (SSSR count). The molecule has 0 saturated carbocycles. The first-order valence-corrected chi connectivity index (χ1v) is 8.34. The van der Waals surface area contributed by atoms with Gasteiger partial charge in [-0.15, -0.1) is 0 Å². The fourth-order valence-electron chi connectivity index (χ4n) is 2.10. The maximum atomic E-state index is 5.55. The maximum Gasteiger partial charge on any atom is 0.226 e. The summed E-state index contributed by atoms with van der Waals surface area (Å²) in [6.07, 6.45) is 1.66. The van der Waals surface area contributed by atoms with Crippen LogP contribution in [-0.2, 0) is 11.3 Å². The first-order chi connectivity index (χ1) is 11.7. The second kappa shape index (κ2) is 9.72. The SMILES string of the molecule is CCNC(=NCc1coc(-c2ccc(C)cc2)n1)NCCOCC. The minimum Gasteiger partial charge on any atom is -0.444 e. The van der Waals surface area contributed by atoms with Crippen molar-refractivity contribution >= 4 is 5.96 Å². The van der Waals surface area contributed by atoms with Crippen LogP contribution in [-0.4, -0.2) is 37.2 Å². The van der Waals surface area contributed by atoms with E-state index < -0.39 is 0 Å². The zero-order valence-electron chi connectivity index (χ0n) is 14.6. The smallest absolute Gasteiger partial charge is 0.226 e. The number of aliphatic imine (C=N–C) groups is 1. The van der Waals surface area contributed by atoms with Gasteiger partial charge in [0.15, 0.2) is 5.96 Å². The number of nitrogens with one attached hydrogen (secondary N) is 2. The number of nitrogens with zero attached hydrogens (tertiary/aromatic N) is 2. The van der Waals surface area contributed by atoms with Crippen molar-refractivity contribution in [3.05, 3.63) is 41.8 Å². The lowest BCUT2D eigenvalue weighted by Crippen LogP contribution is -2.39. The molecule has 0 bridgehead atoms. The molecule has 1 aromatic heterocycles. The van der Waals surface area contributed by atoms with Crippen LogP contribution in [0.1, 0.15) is 25.1 Å². The van der Waals surface area contributed by atoms with Crippen molar-refractivity contribution in [3.63, 3.8) is 0 Å². The van der Waals surface area contributed by atoms with E-state index in [4.69, 9.17) is 9.15 Å². The number of aromatic nitrogens is 1. The van der Waals surface area contributed by atoms with E-state index >= 15 is 0 Å². The van der Waals surface area contributed by atoms with Crippen LogP contribution < -0.4 is 10.6 Å². The standard InChI is InChI=1S/C18H26N4O2/c1-4-19-18(20-10-11-23-5-2)21-12-16-13-24-17(22-16)15-8-6-14(3)7-9-15/h6-9,13H,4-5,10-12H2,1-3H3,(H2,19,20,21). The summed E-state index contributed by atoms with van der Waals surface area (Å²) >= 11 is 0.